The minimum Gasteiger partial charge on any atom is -0.326 e. The van der Waals surface area contributed by atoms with Crippen LogP contribution in [-0.2, 0) is 11.2 Å². The lowest BCUT2D eigenvalue weighted by Crippen LogP contribution is -2.42. The molecule has 1 unspecified atom stereocenters. The lowest BCUT2D eigenvalue weighted by molar-refractivity contribution is -0.151. The Labute approximate surface area is 119 Å². The van der Waals surface area contributed by atoms with Crippen molar-refractivity contribution in [3.63, 3.8) is 0 Å². The zero-order valence-corrected chi connectivity index (χ0v) is 11.4. The fourth-order valence-electron chi connectivity index (χ4n) is 2.32. The summed E-state index contributed by atoms with van der Waals surface area (Å²) in [4.78, 5) is 11.3. The number of carbonyl (C=O) groups excluding carboxylic acids is 1. The molecule has 0 saturated carbocycles. The monoisotopic (exact) mass is 304 g/mol. The Hall–Kier alpha value is -1.63. The maximum Gasteiger partial charge on any atom is 0.326 e. The summed E-state index contributed by atoms with van der Waals surface area (Å²) in [5.41, 5.74) is 1.15. The van der Waals surface area contributed by atoms with Crippen LogP contribution >= 0.6 is 0 Å². The molecule has 3 nitrogen and oxygen atoms in total. The highest BCUT2D eigenvalue weighted by atomic mass is 19.3. The molecule has 7 heteroatoms. The van der Waals surface area contributed by atoms with E-state index < -0.39 is 18.4 Å². The van der Waals surface area contributed by atoms with Crippen LogP contribution in [0, 0.1) is 0 Å². The summed E-state index contributed by atoms with van der Waals surface area (Å²) >= 11 is 0. The number of halogens is 4. The van der Waals surface area contributed by atoms with Crippen molar-refractivity contribution in [1.29, 1.82) is 0 Å². The van der Waals surface area contributed by atoms with Crippen LogP contribution in [0.3, 0.4) is 0 Å². The molecule has 0 spiro atoms. The van der Waals surface area contributed by atoms with Gasteiger partial charge in [-0.25, -0.2) is 8.78 Å². The van der Waals surface area contributed by atoms with Crippen molar-refractivity contribution in [2.75, 3.05) is 11.9 Å². The standard InChI is InChI=1S/C14H16F4N2O/c1-2-5-19-12(14(17,18)13(15)16)8-3-4-10-9(6-8)7-11(21)20-10/h3-4,6,12-13,19H,2,5,7H2,1H3,(H,20,21). The van der Waals surface area contributed by atoms with Gasteiger partial charge in [0.2, 0.25) is 5.91 Å². The van der Waals surface area contributed by atoms with Crippen molar-refractivity contribution in [3.05, 3.63) is 29.3 Å². The molecule has 116 valence electrons. The van der Waals surface area contributed by atoms with Crippen LogP contribution in [-0.4, -0.2) is 24.8 Å². The Kier molecular flexibility index (Phi) is 4.51. The van der Waals surface area contributed by atoms with Crippen LogP contribution in [0.25, 0.3) is 0 Å². The van der Waals surface area contributed by atoms with Crippen molar-refractivity contribution in [2.45, 2.75) is 38.2 Å². The molecule has 1 aliphatic heterocycles. The van der Waals surface area contributed by atoms with Crippen LogP contribution in [0.1, 0.15) is 30.5 Å². The minimum atomic E-state index is -4.18. The lowest BCUT2D eigenvalue weighted by Gasteiger charge is -2.28. The molecule has 1 amide bonds. The van der Waals surface area contributed by atoms with Crippen molar-refractivity contribution >= 4 is 11.6 Å². The van der Waals surface area contributed by atoms with E-state index in [1.807, 2.05) is 0 Å². The van der Waals surface area contributed by atoms with Crippen LogP contribution in [0.5, 0.6) is 0 Å². The number of hydrogen-bond donors (Lipinski definition) is 2. The van der Waals surface area contributed by atoms with E-state index in [1.54, 1.807) is 6.92 Å². The molecule has 1 aromatic rings. The summed E-state index contributed by atoms with van der Waals surface area (Å²) in [7, 11) is 0. The van der Waals surface area contributed by atoms with E-state index in [0.717, 1.165) is 0 Å². The molecule has 2 rings (SSSR count). The number of rotatable bonds is 6. The molecule has 0 radical (unpaired) electrons. The third-order valence-corrected chi connectivity index (χ3v) is 3.36. The number of anilines is 1. The second-order valence-corrected chi connectivity index (χ2v) is 5.00. The van der Waals surface area contributed by atoms with Crippen molar-refractivity contribution in [2.24, 2.45) is 0 Å². The van der Waals surface area contributed by atoms with E-state index in [0.29, 0.717) is 17.7 Å². The van der Waals surface area contributed by atoms with Gasteiger partial charge in [0.05, 0.1) is 6.42 Å². The van der Waals surface area contributed by atoms with Crippen LogP contribution in [0.15, 0.2) is 18.2 Å². The number of fused-ring (bicyclic) bond motifs is 1. The number of nitrogens with one attached hydrogen (secondary N) is 2. The first-order valence-electron chi connectivity index (χ1n) is 6.68. The number of carbonyl (C=O) groups is 1. The molecular formula is C14H16F4N2O. The Morgan fingerprint density at radius 3 is 2.71 bits per heavy atom. The SMILES string of the molecule is CCCNC(c1ccc2c(c1)CC(=O)N2)C(F)(F)C(F)F. The van der Waals surface area contributed by atoms with E-state index in [-0.39, 0.29) is 24.4 Å². The normalized spacial score (nSPS) is 16.0. The van der Waals surface area contributed by atoms with Crippen LogP contribution < -0.4 is 10.6 Å². The predicted octanol–water partition coefficient (Wildman–Crippen LogP) is 3.12. The van der Waals surface area contributed by atoms with Gasteiger partial charge in [0, 0.05) is 5.69 Å². The predicted molar refractivity (Wildman–Crippen MR) is 70.8 cm³/mol. The molecule has 0 aliphatic carbocycles. The molecule has 2 N–H and O–H groups in total. The Balaban J connectivity index is 2.33. The first-order valence-corrected chi connectivity index (χ1v) is 6.68. The highest BCUT2D eigenvalue weighted by molar-refractivity contribution is 5.99. The first-order chi connectivity index (χ1) is 9.86. The summed E-state index contributed by atoms with van der Waals surface area (Å²) in [6.07, 6.45) is -3.15. The van der Waals surface area contributed by atoms with Gasteiger partial charge in [0.25, 0.3) is 0 Å². The van der Waals surface area contributed by atoms with Gasteiger partial charge >= 0.3 is 12.3 Å². The summed E-state index contributed by atoms with van der Waals surface area (Å²) in [6.45, 7) is 1.96. The number of amides is 1. The van der Waals surface area contributed by atoms with Gasteiger partial charge in [-0.1, -0.05) is 19.1 Å². The third-order valence-electron chi connectivity index (χ3n) is 3.36. The topological polar surface area (TPSA) is 41.1 Å². The number of hydrogen-bond acceptors (Lipinski definition) is 2. The van der Waals surface area contributed by atoms with Gasteiger partial charge in [-0.15, -0.1) is 0 Å². The van der Waals surface area contributed by atoms with Gasteiger partial charge in [-0.2, -0.15) is 8.78 Å². The van der Waals surface area contributed by atoms with Gasteiger partial charge in [0.15, 0.2) is 0 Å². The molecule has 1 aliphatic rings. The molecule has 0 aromatic heterocycles. The maximum absolute atomic E-state index is 13.8. The molecule has 21 heavy (non-hydrogen) atoms. The summed E-state index contributed by atoms with van der Waals surface area (Å²) in [5, 5.41) is 5.05. The maximum atomic E-state index is 13.8. The Bertz CT molecular complexity index is 534. The van der Waals surface area contributed by atoms with Crippen molar-refractivity contribution in [1.82, 2.24) is 5.32 Å². The van der Waals surface area contributed by atoms with Gasteiger partial charge in [-0.05, 0) is 30.2 Å². The van der Waals surface area contributed by atoms with Crippen LogP contribution in [0.4, 0.5) is 23.2 Å². The summed E-state index contributed by atoms with van der Waals surface area (Å²) in [5.74, 6) is -4.42. The fraction of sp³-hybridized carbons (Fsp3) is 0.500. The second kappa shape index (κ2) is 6.01. The largest absolute Gasteiger partial charge is 0.326 e. The highest BCUT2D eigenvalue weighted by Crippen LogP contribution is 2.38. The van der Waals surface area contributed by atoms with Crippen LogP contribution in [0.2, 0.25) is 0 Å². The van der Waals surface area contributed by atoms with E-state index >= 15 is 0 Å². The zero-order chi connectivity index (χ0) is 15.6. The number of alkyl halides is 4. The second-order valence-electron chi connectivity index (χ2n) is 5.00. The smallest absolute Gasteiger partial charge is 0.326 e. The van der Waals surface area contributed by atoms with E-state index in [9.17, 15) is 22.4 Å². The molecule has 1 heterocycles. The third kappa shape index (κ3) is 3.18. The molecule has 0 bridgehead atoms. The van der Waals surface area contributed by atoms with Crippen molar-refractivity contribution in [3.8, 4) is 0 Å². The summed E-state index contributed by atoms with van der Waals surface area (Å²) in [6, 6.07) is 2.42. The molecule has 1 atom stereocenters. The highest BCUT2D eigenvalue weighted by Gasteiger charge is 2.49. The van der Waals surface area contributed by atoms with Crippen molar-refractivity contribution < 1.29 is 22.4 Å². The van der Waals surface area contributed by atoms with Gasteiger partial charge in [0.1, 0.15) is 6.04 Å². The average molecular weight is 304 g/mol. The fourth-order valence-corrected chi connectivity index (χ4v) is 2.32. The first kappa shape index (κ1) is 15.8. The van der Waals surface area contributed by atoms with E-state index in [1.165, 1.54) is 18.2 Å². The lowest BCUT2D eigenvalue weighted by atomic mass is 9.97. The molecule has 1 aromatic carbocycles. The Morgan fingerprint density at radius 2 is 2.10 bits per heavy atom. The van der Waals surface area contributed by atoms with E-state index in [2.05, 4.69) is 10.6 Å². The number of benzene rings is 1. The zero-order valence-electron chi connectivity index (χ0n) is 11.4. The Morgan fingerprint density at radius 1 is 1.38 bits per heavy atom. The minimum absolute atomic E-state index is 0.0593. The quantitative estimate of drug-likeness (QED) is 0.793. The molecule has 0 saturated heterocycles. The van der Waals surface area contributed by atoms with E-state index in [4.69, 9.17) is 0 Å². The summed E-state index contributed by atoms with van der Waals surface area (Å²) < 4.78 is 52.8. The van der Waals surface area contributed by atoms with Gasteiger partial charge in [-0.3, -0.25) is 4.79 Å². The molecular weight excluding hydrogens is 288 g/mol. The van der Waals surface area contributed by atoms with Gasteiger partial charge < -0.3 is 10.6 Å². The molecule has 0 fully saturated rings. The average Bonchev–Trinajstić information content (AvgIpc) is 2.78.